The molecule has 0 amide bonds. The van der Waals surface area contributed by atoms with Gasteiger partial charge in [-0.2, -0.15) is 13.7 Å². The molecule has 4 aliphatic rings. The third-order valence-electron chi connectivity index (χ3n) is 3.99. The van der Waals surface area contributed by atoms with Gasteiger partial charge in [-0.15, -0.1) is 0 Å². The van der Waals surface area contributed by atoms with Crippen LogP contribution in [0.5, 0.6) is 0 Å². The van der Waals surface area contributed by atoms with Crippen molar-refractivity contribution in [1.29, 1.82) is 5.26 Å². The average molecular weight is 257 g/mol. The summed E-state index contributed by atoms with van der Waals surface area (Å²) in [7, 11) is -3.56. The summed E-state index contributed by atoms with van der Waals surface area (Å²) in [5.41, 5.74) is -0.811. The highest BCUT2D eigenvalue weighted by molar-refractivity contribution is 7.86. The molecule has 17 heavy (non-hydrogen) atoms. The molecule has 4 fully saturated rings. The first-order valence-electron chi connectivity index (χ1n) is 5.86. The molecule has 0 aromatic carbocycles. The molecule has 2 aliphatic heterocycles. The summed E-state index contributed by atoms with van der Waals surface area (Å²) in [6, 6.07) is 2.22. The molecular formula is C11H15NO4S. The zero-order valence-corrected chi connectivity index (χ0v) is 10.5. The average Bonchev–Trinajstić information content (AvgIpc) is 2.11. The second-order valence-corrected chi connectivity index (χ2v) is 7.27. The van der Waals surface area contributed by atoms with Crippen molar-refractivity contribution in [3.8, 4) is 6.07 Å². The van der Waals surface area contributed by atoms with E-state index in [1.165, 1.54) is 0 Å². The molecule has 5 nitrogen and oxygen atoms in total. The van der Waals surface area contributed by atoms with Gasteiger partial charge in [0.1, 0.15) is 0 Å². The molecule has 0 spiro atoms. The molecular weight excluding hydrogens is 242 g/mol. The van der Waals surface area contributed by atoms with Crippen LogP contribution in [-0.4, -0.2) is 26.1 Å². The largest absolute Gasteiger partial charge is 0.327 e. The van der Waals surface area contributed by atoms with E-state index in [1.807, 2.05) is 0 Å². The van der Waals surface area contributed by atoms with Crippen molar-refractivity contribution in [2.45, 2.75) is 43.5 Å². The summed E-state index contributed by atoms with van der Waals surface area (Å²) in [6.45, 7) is 0. The van der Waals surface area contributed by atoms with Gasteiger partial charge in [-0.05, 0) is 31.1 Å². The summed E-state index contributed by atoms with van der Waals surface area (Å²) in [5.74, 6) is -0.344. The lowest BCUT2D eigenvalue weighted by Gasteiger charge is -2.58. The monoisotopic (exact) mass is 257 g/mol. The first kappa shape index (κ1) is 11.5. The molecule has 4 bridgehead atoms. The van der Waals surface area contributed by atoms with E-state index in [9.17, 15) is 13.7 Å². The Morgan fingerprint density at radius 1 is 1.29 bits per heavy atom. The quantitative estimate of drug-likeness (QED) is 0.694. The van der Waals surface area contributed by atoms with Crippen molar-refractivity contribution in [2.75, 3.05) is 6.26 Å². The smallest absolute Gasteiger partial charge is 0.267 e. The van der Waals surface area contributed by atoms with E-state index in [4.69, 9.17) is 8.92 Å². The van der Waals surface area contributed by atoms with Crippen molar-refractivity contribution in [3.05, 3.63) is 0 Å². The highest BCUT2D eigenvalue weighted by atomic mass is 32.2. The number of nitrogens with zero attached hydrogens (tertiary/aromatic N) is 1. The van der Waals surface area contributed by atoms with Crippen molar-refractivity contribution in [1.82, 2.24) is 0 Å². The highest BCUT2D eigenvalue weighted by Gasteiger charge is 2.61. The third-order valence-corrected chi connectivity index (χ3v) is 4.60. The topological polar surface area (TPSA) is 76.4 Å². The van der Waals surface area contributed by atoms with E-state index in [-0.39, 0.29) is 0 Å². The summed E-state index contributed by atoms with van der Waals surface area (Å²) in [4.78, 5) is 0. The Hall–Kier alpha value is -0.640. The van der Waals surface area contributed by atoms with E-state index in [0.29, 0.717) is 24.7 Å². The fourth-order valence-corrected chi connectivity index (χ4v) is 4.65. The lowest BCUT2D eigenvalue weighted by molar-refractivity contribution is -0.325. The van der Waals surface area contributed by atoms with Crippen LogP contribution < -0.4 is 0 Å². The summed E-state index contributed by atoms with van der Waals surface area (Å²) < 4.78 is 33.6. The van der Waals surface area contributed by atoms with Crippen LogP contribution in [0.2, 0.25) is 0 Å². The van der Waals surface area contributed by atoms with Gasteiger partial charge in [-0.1, -0.05) is 0 Å². The van der Waals surface area contributed by atoms with Gasteiger partial charge in [-0.25, -0.2) is 4.18 Å². The van der Waals surface area contributed by atoms with E-state index in [1.54, 1.807) is 0 Å². The normalized spacial score (nSPS) is 48.0. The SMILES string of the molecule is CS(=O)(=O)OC12C[C@@H]3C[C@H](CC(C#N)(C3)O1)C2. The second kappa shape index (κ2) is 3.22. The second-order valence-electron chi connectivity index (χ2n) is 5.69. The zero-order valence-electron chi connectivity index (χ0n) is 9.68. The Morgan fingerprint density at radius 3 is 2.35 bits per heavy atom. The zero-order chi connectivity index (χ0) is 12.3. The van der Waals surface area contributed by atoms with Gasteiger partial charge in [-0.3, -0.25) is 0 Å². The number of hydrogen-bond acceptors (Lipinski definition) is 5. The van der Waals surface area contributed by atoms with Crippen LogP contribution in [0.3, 0.4) is 0 Å². The van der Waals surface area contributed by atoms with Crippen LogP contribution in [-0.2, 0) is 19.0 Å². The molecule has 4 rings (SSSR count). The Kier molecular flexibility index (Phi) is 2.17. The minimum absolute atomic E-state index is 0.359. The highest BCUT2D eigenvalue weighted by Crippen LogP contribution is 2.58. The lowest BCUT2D eigenvalue weighted by Crippen LogP contribution is -2.62. The van der Waals surface area contributed by atoms with Crippen molar-refractivity contribution >= 4 is 10.1 Å². The van der Waals surface area contributed by atoms with E-state index >= 15 is 0 Å². The number of nitriles is 1. The fraction of sp³-hybridized carbons (Fsp3) is 0.909. The Morgan fingerprint density at radius 2 is 1.88 bits per heavy atom. The maximum Gasteiger partial charge on any atom is 0.267 e. The standard InChI is InChI=1S/C11H15NO4S/c1-17(13,14)16-11-5-8-2-9(6-11)4-10(3-8,7-12)15-11/h8-9H,2-6H2,1H3/t8-,9-,10?,11?/m1/s1. The summed E-state index contributed by atoms with van der Waals surface area (Å²) in [5, 5.41) is 9.26. The predicted octanol–water partition coefficient (Wildman–Crippen LogP) is 1.16. The summed E-state index contributed by atoms with van der Waals surface area (Å²) in [6.07, 6.45) is 4.74. The number of ether oxygens (including phenoxy) is 1. The molecule has 0 aromatic rings. The fourth-order valence-electron chi connectivity index (χ4n) is 3.93. The van der Waals surface area contributed by atoms with Gasteiger partial charge in [0.05, 0.1) is 12.3 Å². The number of rotatable bonds is 2. The molecule has 94 valence electrons. The predicted molar refractivity (Wildman–Crippen MR) is 58.2 cm³/mol. The maximum absolute atomic E-state index is 11.3. The Bertz CT molecular complexity index is 478. The molecule has 2 aliphatic carbocycles. The van der Waals surface area contributed by atoms with Gasteiger partial charge in [0, 0.05) is 12.8 Å². The van der Waals surface area contributed by atoms with E-state index in [2.05, 4.69) is 6.07 Å². The van der Waals surface area contributed by atoms with Crippen LogP contribution in [0.25, 0.3) is 0 Å². The Labute approximate surface area is 101 Å². The van der Waals surface area contributed by atoms with Crippen LogP contribution in [0.4, 0.5) is 0 Å². The minimum atomic E-state index is -3.56. The molecule has 2 heterocycles. The summed E-state index contributed by atoms with van der Waals surface area (Å²) >= 11 is 0. The van der Waals surface area contributed by atoms with Crippen molar-refractivity contribution in [3.63, 3.8) is 0 Å². The van der Waals surface area contributed by atoms with Gasteiger partial charge >= 0.3 is 0 Å². The Balaban J connectivity index is 1.96. The molecule has 2 atom stereocenters. The molecule has 0 unspecified atom stereocenters. The molecule has 2 saturated heterocycles. The van der Waals surface area contributed by atoms with Gasteiger partial charge < -0.3 is 4.74 Å². The minimum Gasteiger partial charge on any atom is -0.327 e. The molecule has 2 saturated carbocycles. The molecule has 6 heteroatoms. The first-order valence-corrected chi connectivity index (χ1v) is 7.67. The molecule has 0 aromatic heterocycles. The van der Waals surface area contributed by atoms with Crippen LogP contribution in [0.1, 0.15) is 32.1 Å². The van der Waals surface area contributed by atoms with Gasteiger partial charge in [0.2, 0.25) is 0 Å². The first-order chi connectivity index (χ1) is 7.84. The lowest BCUT2D eigenvalue weighted by atomic mass is 9.61. The molecule has 0 N–H and O–H groups in total. The van der Waals surface area contributed by atoms with Crippen molar-refractivity contribution in [2.24, 2.45) is 11.8 Å². The number of hydrogen-bond donors (Lipinski definition) is 0. The molecule has 0 radical (unpaired) electrons. The maximum atomic E-state index is 11.3. The van der Waals surface area contributed by atoms with Gasteiger partial charge in [0.25, 0.3) is 10.1 Å². The van der Waals surface area contributed by atoms with Gasteiger partial charge in [0.15, 0.2) is 11.4 Å². The van der Waals surface area contributed by atoms with Crippen LogP contribution >= 0.6 is 0 Å². The van der Waals surface area contributed by atoms with E-state index < -0.39 is 21.5 Å². The van der Waals surface area contributed by atoms with Crippen LogP contribution in [0.15, 0.2) is 0 Å². The van der Waals surface area contributed by atoms with Crippen molar-refractivity contribution < 1.29 is 17.3 Å². The van der Waals surface area contributed by atoms with E-state index in [0.717, 1.165) is 25.5 Å². The third kappa shape index (κ3) is 1.86. The van der Waals surface area contributed by atoms with Crippen LogP contribution in [0, 0.1) is 23.2 Å².